The van der Waals surface area contributed by atoms with Gasteiger partial charge in [-0.1, -0.05) is 23.7 Å². The van der Waals surface area contributed by atoms with Crippen LogP contribution in [0.3, 0.4) is 0 Å². The SMILES string of the molecule is COc1ccc(CNc2cccc(SC)c2)cc1Cl. The van der Waals surface area contributed by atoms with Crippen molar-refractivity contribution in [3.05, 3.63) is 53.1 Å². The van der Waals surface area contributed by atoms with Gasteiger partial charge >= 0.3 is 0 Å². The molecule has 0 aromatic heterocycles. The first-order valence-electron chi connectivity index (χ1n) is 5.93. The van der Waals surface area contributed by atoms with Crippen molar-refractivity contribution in [1.82, 2.24) is 0 Å². The summed E-state index contributed by atoms with van der Waals surface area (Å²) < 4.78 is 5.14. The van der Waals surface area contributed by atoms with Gasteiger partial charge in [0.05, 0.1) is 12.1 Å². The lowest BCUT2D eigenvalue weighted by Gasteiger charge is -2.09. The number of hydrogen-bond acceptors (Lipinski definition) is 3. The summed E-state index contributed by atoms with van der Waals surface area (Å²) in [5, 5.41) is 4.03. The topological polar surface area (TPSA) is 21.3 Å². The summed E-state index contributed by atoms with van der Waals surface area (Å²) in [4.78, 5) is 1.25. The molecule has 1 N–H and O–H groups in total. The van der Waals surface area contributed by atoms with Crippen LogP contribution in [0.1, 0.15) is 5.56 Å². The lowest BCUT2D eigenvalue weighted by molar-refractivity contribution is 0.415. The van der Waals surface area contributed by atoms with Gasteiger partial charge in [-0.05, 0) is 42.2 Å². The van der Waals surface area contributed by atoms with Crippen LogP contribution >= 0.6 is 23.4 Å². The monoisotopic (exact) mass is 293 g/mol. The standard InChI is InChI=1S/C15H16ClNOS/c1-18-15-7-6-11(8-14(15)16)10-17-12-4-3-5-13(9-12)19-2/h3-9,17H,10H2,1-2H3. The number of ether oxygens (including phenoxy) is 1. The number of hydrogen-bond donors (Lipinski definition) is 1. The van der Waals surface area contributed by atoms with Crippen LogP contribution < -0.4 is 10.1 Å². The molecule has 2 aromatic carbocycles. The Hall–Kier alpha value is -1.32. The van der Waals surface area contributed by atoms with E-state index in [2.05, 4.69) is 35.8 Å². The molecule has 0 heterocycles. The van der Waals surface area contributed by atoms with Crippen LogP contribution in [-0.4, -0.2) is 13.4 Å². The molecule has 19 heavy (non-hydrogen) atoms. The Morgan fingerprint density at radius 1 is 1.21 bits per heavy atom. The Morgan fingerprint density at radius 3 is 2.74 bits per heavy atom. The highest BCUT2D eigenvalue weighted by Crippen LogP contribution is 2.25. The molecule has 0 aliphatic rings. The van der Waals surface area contributed by atoms with E-state index in [1.807, 2.05) is 18.2 Å². The number of methoxy groups -OCH3 is 1. The largest absolute Gasteiger partial charge is 0.495 e. The molecular weight excluding hydrogens is 278 g/mol. The number of thioether (sulfide) groups is 1. The predicted molar refractivity (Wildman–Crippen MR) is 83.6 cm³/mol. The first-order chi connectivity index (χ1) is 9.22. The first kappa shape index (κ1) is 14.1. The summed E-state index contributed by atoms with van der Waals surface area (Å²) in [7, 11) is 1.62. The maximum atomic E-state index is 6.10. The Balaban J connectivity index is 2.03. The van der Waals surface area contributed by atoms with Gasteiger partial charge in [0, 0.05) is 17.1 Å². The molecule has 0 aliphatic carbocycles. The second-order valence-electron chi connectivity index (χ2n) is 4.05. The van der Waals surface area contributed by atoms with Crippen molar-refractivity contribution in [1.29, 1.82) is 0 Å². The molecule has 2 aromatic rings. The molecule has 0 saturated heterocycles. The van der Waals surface area contributed by atoms with E-state index in [-0.39, 0.29) is 0 Å². The fraction of sp³-hybridized carbons (Fsp3) is 0.200. The Bertz CT molecular complexity index is 560. The molecule has 0 radical (unpaired) electrons. The fourth-order valence-corrected chi connectivity index (χ4v) is 2.50. The maximum Gasteiger partial charge on any atom is 0.137 e. The van der Waals surface area contributed by atoms with Gasteiger partial charge in [0.1, 0.15) is 5.75 Å². The highest BCUT2D eigenvalue weighted by Gasteiger charge is 2.02. The molecule has 0 fully saturated rings. The normalized spacial score (nSPS) is 10.3. The van der Waals surface area contributed by atoms with Crippen molar-refractivity contribution < 1.29 is 4.74 Å². The Morgan fingerprint density at radius 2 is 2.05 bits per heavy atom. The minimum Gasteiger partial charge on any atom is -0.495 e. The number of anilines is 1. The highest BCUT2D eigenvalue weighted by atomic mass is 35.5. The van der Waals surface area contributed by atoms with E-state index < -0.39 is 0 Å². The summed E-state index contributed by atoms with van der Waals surface area (Å²) in [5.41, 5.74) is 2.24. The van der Waals surface area contributed by atoms with Crippen molar-refractivity contribution in [2.75, 3.05) is 18.7 Å². The van der Waals surface area contributed by atoms with E-state index >= 15 is 0 Å². The average Bonchev–Trinajstić information content (AvgIpc) is 2.45. The van der Waals surface area contributed by atoms with Crippen LogP contribution in [0.2, 0.25) is 5.02 Å². The van der Waals surface area contributed by atoms with Crippen LogP contribution in [0.5, 0.6) is 5.75 Å². The lowest BCUT2D eigenvalue weighted by Crippen LogP contribution is -1.99. The molecule has 0 aliphatic heterocycles. The van der Waals surface area contributed by atoms with Gasteiger partial charge in [0.2, 0.25) is 0 Å². The zero-order valence-electron chi connectivity index (χ0n) is 10.9. The molecule has 0 spiro atoms. The van der Waals surface area contributed by atoms with E-state index in [1.54, 1.807) is 18.9 Å². The van der Waals surface area contributed by atoms with E-state index in [1.165, 1.54) is 4.90 Å². The van der Waals surface area contributed by atoms with Crippen LogP contribution in [0.25, 0.3) is 0 Å². The molecule has 2 rings (SSSR count). The summed E-state index contributed by atoms with van der Waals surface area (Å²) >= 11 is 7.84. The van der Waals surface area contributed by atoms with E-state index in [4.69, 9.17) is 16.3 Å². The van der Waals surface area contributed by atoms with Gasteiger partial charge in [-0.3, -0.25) is 0 Å². The molecule has 100 valence electrons. The third kappa shape index (κ3) is 3.82. The van der Waals surface area contributed by atoms with Gasteiger partial charge < -0.3 is 10.1 Å². The van der Waals surface area contributed by atoms with Gasteiger partial charge in [0.25, 0.3) is 0 Å². The highest BCUT2D eigenvalue weighted by molar-refractivity contribution is 7.98. The minimum atomic E-state index is 0.639. The molecule has 0 amide bonds. The molecule has 0 atom stereocenters. The number of halogens is 1. The number of benzene rings is 2. The lowest BCUT2D eigenvalue weighted by atomic mass is 10.2. The fourth-order valence-electron chi connectivity index (χ4n) is 1.76. The van der Waals surface area contributed by atoms with Crippen LogP contribution in [0, 0.1) is 0 Å². The van der Waals surface area contributed by atoms with Crippen LogP contribution in [0.4, 0.5) is 5.69 Å². The first-order valence-corrected chi connectivity index (χ1v) is 7.53. The maximum absolute atomic E-state index is 6.10. The average molecular weight is 294 g/mol. The van der Waals surface area contributed by atoms with Crippen molar-refractivity contribution >= 4 is 29.1 Å². The van der Waals surface area contributed by atoms with E-state index in [0.29, 0.717) is 10.8 Å². The molecule has 0 unspecified atom stereocenters. The summed E-state index contributed by atoms with van der Waals surface area (Å²) in [6.45, 7) is 0.738. The smallest absolute Gasteiger partial charge is 0.137 e. The Labute approximate surface area is 123 Å². The van der Waals surface area contributed by atoms with Crippen molar-refractivity contribution in [3.8, 4) is 5.75 Å². The van der Waals surface area contributed by atoms with Gasteiger partial charge in [-0.15, -0.1) is 11.8 Å². The van der Waals surface area contributed by atoms with Crippen molar-refractivity contribution in [2.24, 2.45) is 0 Å². The molecule has 2 nitrogen and oxygen atoms in total. The molecule has 4 heteroatoms. The van der Waals surface area contributed by atoms with Gasteiger partial charge in [-0.25, -0.2) is 0 Å². The number of rotatable bonds is 5. The third-order valence-electron chi connectivity index (χ3n) is 2.78. The summed E-state index contributed by atoms with van der Waals surface area (Å²) in [6.07, 6.45) is 2.07. The number of nitrogens with one attached hydrogen (secondary N) is 1. The zero-order chi connectivity index (χ0) is 13.7. The minimum absolute atomic E-state index is 0.639. The predicted octanol–water partition coefficient (Wildman–Crippen LogP) is 4.68. The van der Waals surface area contributed by atoms with E-state index in [9.17, 15) is 0 Å². The second kappa shape index (κ2) is 6.73. The molecular formula is C15H16ClNOS. The molecule has 0 saturated carbocycles. The van der Waals surface area contributed by atoms with E-state index in [0.717, 1.165) is 17.8 Å². The molecule has 0 bridgehead atoms. The van der Waals surface area contributed by atoms with Gasteiger partial charge in [0.15, 0.2) is 0 Å². The summed E-state index contributed by atoms with van der Waals surface area (Å²) in [5.74, 6) is 0.704. The third-order valence-corrected chi connectivity index (χ3v) is 3.80. The Kier molecular flexibility index (Phi) is 5.00. The second-order valence-corrected chi connectivity index (χ2v) is 5.34. The summed E-state index contributed by atoms with van der Waals surface area (Å²) in [6, 6.07) is 14.2. The van der Waals surface area contributed by atoms with Crippen LogP contribution in [0.15, 0.2) is 47.4 Å². The van der Waals surface area contributed by atoms with Crippen molar-refractivity contribution in [3.63, 3.8) is 0 Å². The zero-order valence-corrected chi connectivity index (χ0v) is 12.5. The van der Waals surface area contributed by atoms with Crippen LogP contribution in [-0.2, 0) is 6.54 Å². The quantitative estimate of drug-likeness (QED) is 0.809. The van der Waals surface area contributed by atoms with Gasteiger partial charge in [-0.2, -0.15) is 0 Å². The van der Waals surface area contributed by atoms with Crippen molar-refractivity contribution in [2.45, 2.75) is 11.4 Å².